The number of hydrogen-bond donors (Lipinski definition) is 0. The van der Waals surface area contributed by atoms with E-state index in [1.54, 1.807) is 11.5 Å². The van der Waals surface area contributed by atoms with Gasteiger partial charge in [-0.1, -0.05) is 43.4 Å². The van der Waals surface area contributed by atoms with Crippen LogP contribution in [0, 0.1) is 5.92 Å². The maximum absolute atomic E-state index is 13.6. The summed E-state index contributed by atoms with van der Waals surface area (Å²) in [5.41, 5.74) is 1.70. The fourth-order valence-electron chi connectivity index (χ4n) is 3.80. The normalized spacial score (nSPS) is 16.0. The number of carbonyl (C=O) groups excluding carboxylic acids is 1. The number of aromatic nitrogens is 1. The maximum Gasteiger partial charge on any atom is 0.338 e. The van der Waals surface area contributed by atoms with Crippen LogP contribution in [0.1, 0.15) is 57.5 Å². The second-order valence-electron chi connectivity index (χ2n) is 9.15. The molecule has 1 atom stereocenters. The summed E-state index contributed by atoms with van der Waals surface area (Å²) in [6.07, 6.45) is 2.59. The van der Waals surface area contributed by atoms with Crippen molar-refractivity contribution in [3.05, 3.63) is 83.2 Å². The molecule has 0 bridgehead atoms. The average molecular weight is 511 g/mol. The van der Waals surface area contributed by atoms with Crippen LogP contribution in [-0.4, -0.2) is 23.2 Å². The molecule has 6 nitrogen and oxygen atoms in total. The van der Waals surface area contributed by atoms with Crippen LogP contribution in [0.2, 0.25) is 0 Å². The third-order valence-corrected chi connectivity index (χ3v) is 7.45. The van der Waals surface area contributed by atoms with E-state index in [1.165, 1.54) is 22.7 Å². The molecule has 0 saturated heterocycles. The largest absolute Gasteiger partial charge is 0.494 e. The summed E-state index contributed by atoms with van der Waals surface area (Å²) in [6.45, 7) is 10.4. The van der Waals surface area contributed by atoms with Gasteiger partial charge < -0.3 is 9.47 Å². The summed E-state index contributed by atoms with van der Waals surface area (Å²) in [7, 11) is 0. The molecule has 0 aliphatic carbocycles. The van der Waals surface area contributed by atoms with Gasteiger partial charge in [-0.15, -0.1) is 11.3 Å². The van der Waals surface area contributed by atoms with E-state index in [-0.39, 0.29) is 11.7 Å². The average Bonchev–Trinajstić information content (AvgIpc) is 3.42. The Bertz CT molecular complexity index is 1390. The van der Waals surface area contributed by atoms with Crippen LogP contribution in [0.15, 0.2) is 62.8 Å². The Kier molecular flexibility index (Phi) is 7.72. The topological polar surface area (TPSA) is 69.9 Å². The van der Waals surface area contributed by atoms with Crippen molar-refractivity contribution >= 4 is 34.7 Å². The van der Waals surface area contributed by atoms with Gasteiger partial charge in [0, 0.05) is 4.88 Å². The highest BCUT2D eigenvalue weighted by atomic mass is 32.1. The SMILES string of the molecule is CC1=C(C(=O)OC(C)C)[C@@H](c2cccs2)n2c(s/c(=C/c3ccc(OCCC(C)C)cc3)c2=O)=N1. The number of thiazole rings is 1. The predicted octanol–water partition coefficient (Wildman–Crippen LogP) is 4.67. The minimum Gasteiger partial charge on any atom is -0.494 e. The summed E-state index contributed by atoms with van der Waals surface area (Å²) in [5.74, 6) is 0.961. The van der Waals surface area contributed by atoms with Crippen molar-refractivity contribution < 1.29 is 14.3 Å². The molecule has 1 aliphatic rings. The molecule has 0 saturated carbocycles. The maximum atomic E-state index is 13.6. The summed E-state index contributed by atoms with van der Waals surface area (Å²) in [4.78, 5) is 32.7. The number of benzene rings is 1. The number of hydrogen-bond acceptors (Lipinski definition) is 7. The Morgan fingerprint density at radius 1 is 1.17 bits per heavy atom. The molecule has 3 heterocycles. The molecule has 1 aliphatic heterocycles. The Hall–Kier alpha value is -2.97. The number of allylic oxidation sites excluding steroid dienone is 1. The molecule has 3 aromatic rings. The molecule has 35 heavy (non-hydrogen) atoms. The van der Waals surface area contributed by atoms with Gasteiger partial charge >= 0.3 is 5.97 Å². The zero-order valence-electron chi connectivity index (χ0n) is 20.6. The second-order valence-corrected chi connectivity index (χ2v) is 11.1. The third-order valence-electron chi connectivity index (χ3n) is 5.54. The molecule has 2 aromatic heterocycles. The zero-order valence-corrected chi connectivity index (χ0v) is 22.2. The van der Waals surface area contributed by atoms with E-state index >= 15 is 0 Å². The quantitative estimate of drug-likeness (QED) is 0.413. The van der Waals surface area contributed by atoms with Crippen LogP contribution in [0.4, 0.5) is 0 Å². The van der Waals surface area contributed by atoms with E-state index in [9.17, 15) is 9.59 Å². The van der Waals surface area contributed by atoms with E-state index in [1.807, 2.05) is 61.7 Å². The second kappa shape index (κ2) is 10.7. The molecule has 0 amide bonds. The van der Waals surface area contributed by atoms with Gasteiger partial charge in [0.05, 0.1) is 28.5 Å². The van der Waals surface area contributed by atoms with E-state index in [2.05, 4.69) is 18.8 Å². The molecule has 0 unspecified atom stereocenters. The zero-order chi connectivity index (χ0) is 25.1. The minimum atomic E-state index is -0.559. The number of thiophene rings is 1. The Labute approximate surface area is 212 Å². The van der Waals surface area contributed by atoms with Crippen molar-refractivity contribution in [2.24, 2.45) is 10.9 Å². The van der Waals surface area contributed by atoms with Gasteiger partial charge in [0.2, 0.25) is 0 Å². The van der Waals surface area contributed by atoms with Crippen LogP contribution >= 0.6 is 22.7 Å². The summed E-state index contributed by atoms with van der Waals surface area (Å²) in [6, 6.07) is 11.0. The number of nitrogens with zero attached hydrogens (tertiary/aromatic N) is 2. The first kappa shape index (κ1) is 25.1. The van der Waals surface area contributed by atoms with Crippen LogP contribution in [0.3, 0.4) is 0 Å². The fourth-order valence-corrected chi connectivity index (χ4v) is 5.67. The Morgan fingerprint density at radius 3 is 2.54 bits per heavy atom. The monoisotopic (exact) mass is 510 g/mol. The van der Waals surface area contributed by atoms with Gasteiger partial charge in [0.1, 0.15) is 11.8 Å². The van der Waals surface area contributed by atoms with Crippen molar-refractivity contribution in [1.82, 2.24) is 4.57 Å². The molecular weight excluding hydrogens is 480 g/mol. The van der Waals surface area contributed by atoms with Crippen LogP contribution in [-0.2, 0) is 9.53 Å². The van der Waals surface area contributed by atoms with Crippen LogP contribution in [0.5, 0.6) is 5.75 Å². The molecule has 8 heteroatoms. The lowest BCUT2D eigenvalue weighted by molar-refractivity contribution is -0.143. The highest BCUT2D eigenvalue weighted by molar-refractivity contribution is 7.10. The molecule has 0 fully saturated rings. The molecule has 0 N–H and O–H groups in total. The molecule has 0 spiro atoms. The molecule has 1 aromatic carbocycles. The molecule has 4 rings (SSSR count). The van der Waals surface area contributed by atoms with Crippen molar-refractivity contribution in [1.29, 1.82) is 0 Å². The van der Waals surface area contributed by atoms with Crippen LogP contribution < -0.4 is 19.6 Å². The van der Waals surface area contributed by atoms with E-state index in [0.717, 1.165) is 22.6 Å². The Morgan fingerprint density at radius 2 is 1.91 bits per heavy atom. The van der Waals surface area contributed by atoms with Gasteiger partial charge in [-0.25, -0.2) is 9.79 Å². The number of esters is 1. The van der Waals surface area contributed by atoms with Crippen molar-refractivity contribution in [2.75, 3.05) is 6.61 Å². The fraction of sp³-hybridized carbons (Fsp3) is 0.370. The first-order valence-electron chi connectivity index (χ1n) is 11.7. The summed E-state index contributed by atoms with van der Waals surface area (Å²) < 4.78 is 13.5. The lowest BCUT2D eigenvalue weighted by Crippen LogP contribution is -2.39. The highest BCUT2D eigenvalue weighted by Gasteiger charge is 2.34. The van der Waals surface area contributed by atoms with E-state index in [4.69, 9.17) is 9.47 Å². The van der Waals surface area contributed by atoms with E-state index < -0.39 is 12.0 Å². The summed E-state index contributed by atoms with van der Waals surface area (Å²) in [5, 5.41) is 1.94. The van der Waals surface area contributed by atoms with E-state index in [0.29, 0.717) is 33.1 Å². The molecular formula is C27H30N2O4S2. The first-order valence-corrected chi connectivity index (χ1v) is 13.4. The van der Waals surface area contributed by atoms with Crippen LogP contribution in [0.25, 0.3) is 6.08 Å². The first-order chi connectivity index (χ1) is 16.7. The highest BCUT2D eigenvalue weighted by Crippen LogP contribution is 2.33. The van der Waals surface area contributed by atoms with Crippen molar-refractivity contribution in [3.8, 4) is 5.75 Å². The Balaban J connectivity index is 1.72. The molecule has 184 valence electrons. The summed E-state index contributed by atoms with van der Waals surface area (Å²) >= 11 is 2.83. The van der Waals surface area contributed by atoms with Gasteiger partial charge in [-0.2, -0.15) is 0 Å². The number of rotatable bonds is 8. The third kappa shape index (κ3) is 5.65. The van der Waals surface area contributed by atoms with Gasteiger partial charge in [0.25, 0.3) is 5.56 Å². The lowest BCUT2D eigenvalue weighted by atomic mass is 10.0. The number of carbonyl (C=O) groups is 1. The van der Waals surface area contributed by atoms with Gasteiger partial charge in [-0.3, -0.25) is 9.36 Å². The lowest BCUT2D eigenvalue weighted by Gasteiger charge is -2.24. The van der Waals surface area contributed by atoms with Crippen molar-refractivity contribution in [2.45, 2.75) is 53.2 Å². The standard InChI is InChI=1S/C27H30N2O4S2/c1-16(2)12-13-32-20-10-8-19(9-11-20)15-22-25(30)29-24(21-7-6-14-34-21)23(26(31)33-17(3)4)18(5)28-27(29)35-22/h6-11,14-17,24H,12-13H2,1-5H3/b22-15+/t24-/m1/s1. The smallest absolute Gasteiger partial charge is 0.338 e. The van der Waals surface area contributed by atoms with Crippen molar-refractivity contribution in [3.63, 3.8) is 0 Å². The minimum absolute atomic E-state index is 0.174. The van der Waals surface area contributed by atoms with Gasteiger partial charge in [-0.05, 0) is 68.3 Å². The van der Waals surface area contributed by atoms with Gasteiger partial charge in [0.15, 0.2) is 4.80 Å². The number of fused-ring (bicyclic) bond motifs is 1. The number of ether oxygens (including phenoxy) is 2. The predicted molar refractivity (Wildman–Crippen MR) is 141 cm³/mol. The molecule has 0 radical (unpaired) electrons.